The van der Waals surface area contributed by atoms with Gasteiger partial charge in [-0.1, -0.05) is 41.9 Å². The van der Waals surface area contributed by atoms with Crippen LogP contribution in [0.1, 0.15) is 25.4 Å². The minimum absolute atomic E-state index is 0. The fraction of sp³-hybridized carbons (Fsp3) is 0.208. The molecule has 0 spiro atoms. The molecule has 0 radical (unpaired) electrons. The number of carbonyl (C=O) groups is 1. The van der Waals surface area contributed by atoms with E-state index < -0.39 is 5.41 Å². The molecule has 1 saturated carbocycles. The summed E-state index contributed by atoms with van der Waals surface area (Å²) < 4.78 is 10.9. The van der Waals surface area contributed by atoms with Gasteiger partial charge >= 0.3 is 0 Å². The van der Waals surface area contributed by atoms with Gasteiger partial charge in [-0.05, 0) is 59.9 Å². The lowest BCUT2D eigenvalue weighted by Crippen LogP contribution is -2.27. The standard InChI is InChI=1S/C24H21ClN2O3.H2/c25-20-7-6-18(12-19(20)16-3-1-15(13-26)2-4-16)27-23(28)24(9-10-24)17-5-8-21-22(11-17)30-14-29-21;/h1-8,11-12H,9-10,13-14,26H2,(H,27,28);1H. The molecule has 6 heteroatoms. The van der Waals surface area contributed by atoms with Crippen LogP contribution in [0.4, 0.5) is 5.69 Å². The lowest BCUT2D eigenvalue weighted by atomic mass is 9.94. The monoisotopic (exact) mass is 422 g/mol. The molecule has 2 aliphatic rings. The Morgan fingerprint density at radius 1 is 1.03 bits per heavy atom. The highest BCUT2D eigenvalue weighted by Crippen LogP contribution is 2.51. The van der Waals surface area contributed by atoms with Crippen molar-refractivity contribution in [1.82, 2.24) is 0 Å². The molecule has 0 atom stereocenters. The van der Waals surface area contributed by atoms with Gasteiger partial charge in [-0.2, -0.15) is 0 Å². The minimum atomic E-state index is -0.524. The molecule has 30 heavy (non-hydrogen) atoms. The average Bonchev–Trinajstić information content (AvgIpc) is 3.46. The highest BCUT2D eigenvalue weighted by molar-refractivity contribution is 6.33. The maximum atomic E-state index is 13.2. The average molecular weight is 423 g/mol. The van der Waals surface area contributed by atoms with Crippen LogP contribution in [0.5, 0.6) is 11.5 Å². The SMILES string of the molecule is NCc1ccc(-c2cc(NC(=O)C3(c4ccc5c(c4)OCO5)CC3)ccc2Cl)cc1.[HH]. The van der Waals surface area contributed by atoms with Crippen molar-refractivity contribution in [3.8, 4) is 22.6 Å². The molecule has 1 heterocycles. The predicted molar refractivity (Wildman–Crippen MR) is 119 cm³/mol. The number of nitrogens with one attached hydrogen (secondary N) is 1. The molecule has 154 valence electrons. The van der Waals surface area contributed by atoms with E-state index >= 15 is 0 Å². The Morgan fingerprint density at radius 2 is 1.80 bits per heavy atom. The highest BCUT2D eigenvalue weighted by atomic mass is 35.5. The molecule has 3 aromatic carbocycles. The maximum Gasteiger partial charge on any atom is 0.235 e. The van der Waals surface area contributed by atoms with E-state index in [0.717, 1.165) is 40.8 Å². The first-order valence-electron chi connectivity index (χ1n) is 9.90. The van der Waals surface area contributed by atoms with E-state index in [4.69, 9.17) is 26.8 Å². The summed E-state index contributed by atoms with van der Waals surface area (Å²) in [4.78, 5) is 13.2. The van der Waals surface area contributed by atoms with E-state index in [1.165, 1.54) is 0 Å². The number of anilines is 1. The molecule has 1 aliphatic heterocycles. The maximum absolute atomic E-state index is 13.2. The van der Waals surface area contributed by atoms with Crippen molar-refractivity contribution in [3.63, 3.8) is 0 Å². The van der Waals surface area contributed by atoms with Crippen LogP contribution in [-0.2, 0) is 16.8 Å². The summed E-state index contributed by atoms with van der Waals surface area (Å²) >= 11 is 6.43. The van der Waals surface area contributed by atoms with Crippen molar-refractivity contribution >= 4 is 23.2 Å². The van der Waals surface area contributed by atoms with Crippen LogP contribution >= 0.6 is 11.6 Å². The Balaban J connectivity index is 0.00000231. The van der Waals surface area contributed by atoms with E-state index in [1.54, 1.807) is 0 Å². The number of amides is 1. The number of carbonyl (C=O) groups excluding carboxylic acids is 1. The van der Waals surface area contributed by atoms with E-state index in [1.807, 2.05) is 60.7 Å². The molecule has 5 rings (SSSR count). The minimum Gasteiger partial charge on any atom is -0.454 e. The quantitative estimate of drug-likeness (QED) is 0.599. The van der Waals surface area contributed by atoms with Gasteiger partial charge in [0.15, 0.2) is 11.5 Å². The van der Waals surface area contributed by atoms with Crippen molar-refractivity contribution < 1.29 is 15.7 Å². The van der Waals surface area contributed by atoms with Crippen LogP contribution in [-0.4, -0.2) is 12.7 Å². The molecular formula is C24H23ClN2O3. The number of ether oxygens (including phenoxy) is 2. The second-order valence-electron chi connectivity index (χ2n) is 7.70. The van der Waals surface area contributed by atoms with E-state index in [9.17, 15) is 4.79 Å². The normalized spacial score (nSPS) is 15.7. The van der Waals surface area contributed by atoms with Gasteiger partial charge in [0.25, 0.3) is 0 Å². The summed E-state index contributed by atoms with van der Waals surface area (Å²) in [6, 6.07) is 19.2. The zero-order valence-electron chi connectivity index (χ0n) is 16.3. The molecule has 0 aromatic heterocycles. The fourth-order valence-corrected chi connectivity index (χ4v) is 4.09. The molecule has 3 N–H and O–H groups in total. The van der Waals surface area contributed by atoms with Gasteiger partial charge in [0.2, 0.25) is 12.7 Å². The van der Waals surface area contributed by atoms with Crippen molar-refractivity contribution in [2.45, 2.75) is 24.8 Å². The van der Waals surface area contributed by atoms with Gasteiger partial charge in [0.1, 0.15) is 0 Å². The second-order valence-corrected chi connectivity index (χ2v) is 8.11. The van der Waals surface area contributed by atoms with Gasteiger partial charge in [0.05, 0.1) is 5.41 Å². The molecule has 1 amide bonds. The van der Waals surface area contributed by atoms with E-state index in [2.05, 4.69) is 5.32 Å². The largest absolute Gasteiger partial charge is 0.454 e. The first kappa shape index (κ1) is 19.0. The zero-order chi connectivity index (χ0) is 20.7. The zero-order valence-corrected chi connectivity index (χ0v) is 17.0. The third-order valence-electron chi connectivity index (χ3n) is 5.83. The molecule has 0 bridgehead atoms. The van der Waals surface area contributed by atoms with Crippen LogP contribution < -0.4 is 20.5 Å². The molecule has 5 nitrogen and oxygen atoms in total. The van der Waals surface area contributed by atoms with Crippen molar-refractivity contribution in [1.29, 1.82) is 0 Å². The van der Waals surface area contributed by atoms with Gasteiger partial charge in [-0.25, -0.2) is 0 Å². The summed E-state index contributed by atoms with van der Waals surface area (Å²) in [5.74, 6) is 1.40. The fourth-order valence-electron chi connectivity index (χ4n) is 3.86. The molecule has 3 aromatic rings. The molecule has 1 aliphatic carbocycles. The Kier molecular flexibility index (Phi) is 4.65. The number of hydrogen-bond donors (Lipinski definition) is 2. The molecule has 1 fully saturated rings. The summed E-state index contributed by atoms with van der Waals surface area (Å²) in [6.07, 6.45) is 1.61. The lowest BCUT2D eigenvalue weighted by molar-refractivity contribution is -0.118. The number of halogens is 1. The summed E-state index contributed by atoms with van der Waals surface area (Å²) in [5.41, 5.74) is 9.73. The first-order chi connectivity index (χ1) is 14.6. The van der Waals surface area contributed by atoms with Crippen molar-refractivity contribution in [3.05, 3.63) is 76.8 Å². The van der Waals surface area contributed by atoms with Gasteiger partial charge in [-0.3, -0.25) is 4.79 Å². The van der Waals surface area contributed by atoms with Crippen molar-refractivity contribution in [2.75, 3.05) is 12.1 Å². The first-order valence-corrected chi connectivity index (χ1v) is 10.3. The third-order valence-corrected chi connectivity index (χ3v) is 6.16. The number of nitrogens with two attached hydrogens (primary N) is 1. The Bertz CT molecular complexity index is 1130. The summed E-state index contributed by atoms with van der Waals surface area (Å²) in [5, 5.41) is 3.71. The number of benzene rings is 3. The molecular weight excluding hydrogens is 400 g/mol. The van der Waals surface area contributed by atoms with Crippen LogP contribution in [0.2, 0.25) is 5.02 Å². The number of fused-ring (bicyclic) bond motifs is 1. The topological polar surface area (TPSA) is 73.6 Å². The highest BCUT2D eigenvalue weighted by Gasteiger charge is 2.51. The summed E-state index contributed by atoms with van der Waals surface area (Å²) in [6.45, 7) is 0.712. The van der Waals surface area contributed by atoms with Crippen molar-refractivity contribution in [2.24, 2.45) is 5.73 Å². The third kappa shape index (κ3) is 3.30. The smallest absolute Gasteiger partial charge is 0.235 e. The van der Waals surface area contributed by atoms with Crippen LogP contribution in [0.25, 0.3) is 11.1 Å². The van der Waals surface area contributed by atoms with E-state index in [0.29, 0.717) is 23.0 Å². The molecule has 0 unspecified atom stereocenters. The van der Waals surface area contributed by atoms with E-state index in [-0.39, 0.29) is 14.1 Å². The van der Waals surface area contributed by atoms with Gasteiger partial charge in [0, 0.05) is 24.2 Å². The Hall–Kier alpha value is -3.02. The number of rotatable bonds is 5. The predicted octanol–water partition coefficient (Wildman–Crippen LogP) is 5.11. The Morgan fingerprint density at radius 3 is 2.53 bits per heavy atom. The summed E-state index contributed by atoms with van der Waals surface area (Å²) in [7, 11) is 0. The number of hydrogen-bond acceptors (Lipinski definition) is 4. The van der Waals surface area contributed by atoms with Gasteiger partial charge in [-0.15, -0.1) is 0 Å². The Labute approximate surface area is 181 Å². The van der Waals surface area contributed by atoms with Gasteiger partial charge < -0.3 is 20.5 Å². The van der Waals surface area contributed by atoms with Crippen LogP contribution in [0.3, 0.4) is 0 Å². The molecule has 0 saturated heterocycles. The second kappa shape index (κ2) is 7.35. The van der Waals surface area contributed by atoms with Crippen LogP contribution in [0, 0.1) is 0 Å². The van der Waals surface area contributed by atoms with Crippen LogP contribution in [0.15, 0.2) is 60.7 Å². The lowest BCUT2D eigenvalue weighted by Gasteiger charge is -2.17.